The zero-order valence-electron chi connectivity index (χ0n) is 13.9. The molecule has 0 spiro atoms. The molecule has 0 radical (unpaired) electrons. The van der Waals surface area contributed by atoms with Crippen molar-refractivity contribution in [2.24, 2.45) is 0 Å². The van der Waals surface area contributed by atoms with E-state index in [4.69, 9.17) is 15.6 Å². The second-order valence-corrected chi connectivity index (χ2v) is 15.5. The maximum absolute atomic E-state index is 11.0. The van der Waals surface area contributed by atoms with Crippen LogP contribution in [-0.2, 0) is 20.4 Å². The SMILES string of the molecule is CCC[CH2][Sn]1([CH2]CCC)[O][C@H]2[C@@H](C=CO[C@@H]2COC(C)=O)[O]1. The molecule has 2 aliphatic rings. The number of esters is 1. The molecule has 2 heterocycles. The summed E-state index contributed by atoms with van der Waals surface area (Å²) in [6.45, 7) is 6.05. The van der Waals surface area contributed by atoms with Crippen molar-refractivity contribution in [1.82, 2.24) is 0 Å². The van der Waals surface area contributed by atoms with Crippen LogP contribution >= 0.6 is 0 Å². The van der Waals surface area contributed by atoms with E-state index >= 15 is 0 Å². The van der Waals surface area contributed by atoms with Gasteiger partial charge < -0.3 is 0 Å². The van der Waals surface area contributed by atoms with Crippen molar-refractivity contribution in [3.63, 3.8) is 0 Å². The average molecular weight is 419 g/mol. The van der Waals surface area contributed by atoms with Crippen molar-refractivity contribution in [3.8, 4) is 0 Å². The number of unbranched alkanes of at least 4 members (excludes halogenated alkanes) is 2. The summed E-state index contributed by atoms with van der Waals surface area (Å²) in [6, 6.07) is 0. The molecule has 2 aliphatic heterocycles. The number of carbonyl (C=O) groups excluding carboxylic acids is 1. The summed E-state index contributed by atoms with van der Waals surface area (Å²) in [5.74, 6) is -0.291. The summed E-state index contributed by atoms with van der Waals surface area (Å²) in [5, 5.41) is 0. The van der Waals surface area contributed by atoms with Crippen LogP contribution in [-0.4, -0.2) is 50.1 Å². The van der Waals surface area contributed by atoms with Gasteiger partial charge in [-0.05, 0) is 0 Å². The molecule has 0 aromatic carbocycles. The third-order valence-electron chi connectivity index (χ3n) is 4.19. The standard InChI is InChI=1S/C8H10O5.2C4H9.Sn/c1-5(9)13-4-7-8(11)6(10)2-3-12-7;2*1-3-4-2;/h2-3,6-8H,4H2,1H3;2*1,3-4H2,2H3;/q-2;;;+2/t6-,7-,8+;;;/m1.../s1. The van der Waals surface area contributed by atoms with Gasteiger partial charge in [-0.2, -0.15) is 0 Å². The first kappa shape index (κ1) is 18.1. The van der Waals surface area contributed by atoms with E-state index in [9.17, 15) is 4.79 Å². The Kier molecular flexibility index (Phi) is 7.02. The second kappa shape index (κ2) is 8.54. The van der Waals surface area contributed by atoms with Gasteiger partial charge in [-0.1, -0.05) is 0 Å². The third kappa shape index (κ3) is 4.61. The number of fused-ring (bicyclic) bond motifs is 1. The van der Waals surface area contributed by atoms with Crippen LogP contribution in [0.2, 0.25) is 8.87 Å². The first-order chi connectivity index (χ1) is 10.6. The number of hydrogen-bond acceptors (Lipinski definition) is 5. The summed E-state index contributed by atoms with van der Waals surface area (Å²) in [6.07, 6.45) is 7.88. The van der Waals surface area contributed by atoms with Crippen LogP contribution in [0.15, 0.2) is 12.3 Å². The predicted molar refractivity (Wildman–Crippen MR) is 85.6 cm³/mol. The zero-order valence-corrected chi connectivity index (χ0v) is 16.7. The molecule has 2 rings (SSSR count). The molecule has 0 N–H and O–H groups in total. The Hall–Kier alpha value is -0.271. The van der Waals surface area contributed by atoms with Gasteiger partial charge in [-0.25, -0.2) is 0 Å². The average Bonchev–Trinajstić information content (AvgIpc) is 2.88. The van der Waals surface area contributed by atoms with Crippen LogP contribution in [0.4, 0.5) is 0 Å². The van der Waals surface area contributed by atoms with Crippen LogP contribution in [0.25, 0.3) is 0 Å². The first-order valence-corrected chi connectivity index (χ1v) is 14.8. The van der Waals surface area contributed by atoms with E-state index in [1.807, 2.05) is 6.08 Å². The molecule has 126 valence electrons. The van der Waals surface area contributed by atoms with E-state index < -0.39 is 19.2 Å². The van der Waals surface area contributed by atoms with Crippen LogP contribution < -0.4 is 0 Å². The Balaban J connectivity index is 2.04. The third-order valence-corrected chi connectivity index (χ3v) is 14.6. The summed E-state index contributed by atoms with van der Waals surface area (Å²) >= 11 is -3.02. The molecule has 6 heteroatoms. The zero-order chi connectivity index (χ0) is 16.0. The molecule has 0 bridgehead atoms. The van der Waals surface area contributed by atoms with E-state index in [1.165, 1.54) is 19.8 Å². The van der Waals surface area contributed by atoms with Crippen LogP contribution in [0, 0.1) is 0 Å². The van der Waals surface area contributed by atoms with Gasteiger partial charge in [-0.3, -0.25) is 0 Å². The Morgan fingerprint density at radius 2 is 1.86 bits per heavy atom. The van der Waals surface area contributed by atoms with Crippen LogP contribution in [0.3, 0.4) is 0 Å². The molecule has 5 nitrogen and oxygen atoms in total. The molecule has 0 unspecified atom stereocenters. The normalized spacial score (nSPS) is 29.0. The molecule has 1 fully saturated rings. The van der Waals surface area contributed by atoms with Gasteiger partial charge in [0.2, 0.25) is 0 Å². The van der Waals surface area contributed by atoms with Gasteiger partial charge in [-0.15, -0.1) is 0 Å². The first-order valence-electron chi connectivity index (χ1n) is 8.41. The number of hydrogen-bond donors (Lipinski definition) is 0. The maximum atomic E-state index is 11.0. The fourth-order valence-electron chi connectivity index (χ4n) is 2.98. The molecule has 0 aliphatic carbocycles. The van der Waals surface area contributed by atoms with Crippen molar-refractivity contribution >= 4 is 25.2 Å². The Morgan fingerprint density at radius 3 is 2.45 bits per heavy atom. The second-order valence-electron chi connectivity index (χ2n) is 6.09. The monoisotopic (exact) mass is 420 g/mol. The predicted octanol–water partition coefficient (Wildman–Crippen LogP) is 3.29. The summed E-state index contributed by atoms with van der Waals surface area (Å²) in [5.41, 5.74) is 0. The van der Waals surface area contributed by atoms with Crippen molar-refractivity contribution in [2.75, 3.05) is 6.61 Å². The summed E-state index contributed by atoms with van der Waals surface area (Å²) in [7, 11) is 0. The van der Waals surface area contributed by atoms with E-state index in [0.29, 0.717) is 0 Å². The van der Waals surface area contributed by atoms with Gasteiger partial charge in [0.05, 0.1) is 0 Å². The molecule has 0 aromatic heterocycles. The van der Waals surface area contributed by atoms with Gasteiger partial charge in [0, 0.05) is 0 Å². The van der Waals surface area contributed by atoms with E-state index in [-0.39, 0.29) is 30.9 Å². The Bertz CT molecular complexity index is 390. The fourth-order valence-corrected chi connectivity index (χ4v) is 14.5. The van der Waals surface area contributed by atoms with Crippen molar-refractivity contribution in [2.45, 2.75) is 73.6 Å². The molecule has 0 amide bonds. The minimum atomic E-state index is -3.02. The van der Waals surface area contributed by atoms with Gasteiger partial charge in [0.15, 0.2) is 0 Å². The fraction of sp³-hybridized carbons (Fsp3) is 0.812. The summed E-state index contributed by atoms with van der Waals surface area (Å²) < 4.78 is 25.9. The molecule has 0 saturated carbocycles. The van der Waals surface area contributed by atoms with Crippen molar-refractivity contribution in [3.05, 3.63) is 12.3 Å². The molecular weight excluding hydrogens is 391 g/mol. The van der Waals surface area contributed by atoms with E-state index in [2.05, 4.69) is 13.8 Å². The molecule has 1 saturated heterocycles. The van der Waals surface area contributed by atoms with Crippen LogP contribution in [0.5, 0.6) is 0 Å². The quantitative estimate of drug-likeness (QED) is 0.447. The van der Waals surface area contributed by atoms with Crippen LogP contribution in [0.1, 0.15) is 46.5 Å². The topological polar surface area (TPSA) is 54.0 Å². The van der Waals surface area contributed by atoms with E-state index in [1.54, 1.807) is 6.26 Å². The molecule has 0 aromatic rings. The Labute approximate surface area is 138 Å². The number of rotatable bonds is 8. The Morgan fingerprint density at radius 1 is 1.18 bits per heavy atom. The van der Waals surface area contributed by atoms with Crippen molar-refractivity contribution < 1.29 is 20.4 Å². The number of ether oxygens (including phenoxy) is 2. The van der Waals surface area contributed by atoms with Gasteiger partial charge in [0.1, 0.15) is 0 Å². The van der Waals surface area contributed by atoms with Crippen molar-refractivity contribution in [1.29, 1.82) is 0 Å². The minimum absolute atomic E-state index is 0.0289. The van der Waals surface area contributed by atoms with E-state index in [0.717, 1.165) is 21.7 Å². The van der Waals surface area contributed by atoms with Gasteiger partial charge >= 0.3 is 138 Å². The molecule has 22 heavy (non-hydrogen) atoms. The number of carbonyl (C=O) groups is 1. The molecular formula is C16H28O5Sn. The molecule has 3 atom stereocenters. The van der Waals surface area contributed by atoms with Gasteiger partial charge in [0.25, 0.3) is 0 Å². The summed E-state index contributed by atoms with van der Waals surface area (Å²) in [4.78, 5) is 11.0.